The number of halogens is 1. The fraction of sp³-hybridized carbons (Fsp3) is 0.231. The SMILES string of the molecule is COc1nccc(C(N)c2cncc(C)c2)c1F. The van der Waals surface area contributed by atoms with Gasteiger partial charge in [-0.1, -0.05) is 6.07 Å². The third-order valence-electron chi connectivity index (χ3n) is 2.67. The van der Waals surface area contributed by atoms with Crippen molar-refractivity contribution in [3.8, 4) is 5.88 Å². The van der Waals surface area contributed by atoms with E-state index >= 15 is 0 Å². The smallest absolute Gasteiger partial charge is 0.250 e. The number of methoxy groups -OCH3 is 1. The van der Waals surface area contributed by atoms with Gasteiger partial charge in [-0.3, -0.25) is 4.98 Å². The van der Waals surface area contributed by atoms with Crippen LogP contribution < -0.4 is 10.5 Å². The highest BCUT2D eigenvalue weighted by Crippen LogP contribution is 2.25. The van der Waals surface area contributed by atoms with E-state index in [0.29, 0.717) is 5.56 Å². The van der Waals surface area contributed by atoms with E-state index in [1.807, 2.05) is 13.0 Å². The summed E-state index contributed by atoms with van der Waals surface area (Å²) >= 11 is 0. The molecule has 0 aliphatic rings. The van der Waals surface area contributed by atoms with Gasteiger partial charge in [0.2, 0.25) is 5.88 Å². The standard InChI is InChI=1S/C13H14FN3O/c1-8-5-9(7-16-6-8)12(15)10-3-4-17-13(18-2)11(10)14/h3-7,12H,15H2,1-2H3. The lowest BCUT2D eigenvalue weighted by molar-refractivity contribution is 0.366. The lowest BCUT2D eigenvalue weighted by atomic mass is 10.0. The van der Waals surface area contributed by atoms with Gasteiger partial charge in [-0.25, -0.2) is 9.37 Å². The predicted molar refractivity (Wildman–Crippen MR) is 65.8 cm³/mol. The molecular weight excluding hydrogens is 233 g/mol. The van der Waals surface area contributed by atoms with E-state index in [1.165, 1.54) is 13.3 Å². The Morgan fingerprint density at radius 3 is 2.83 bits per heavy atom. The van der Waals surface area contributed by atoms with E-state index in [4.69, 9.17) is 10.5 Å². The van der Waals surface area contributed by atoms with E-state index in [-0.39, 0.29) is 5.88 Å². The summed E-state index contributed by atoms with van der Waals surface area (Å²) in [7, 11) is 1.37. The van der Waals surface area contributed by atoms with E-state index in [2.05, 4.69) is 9.97 Å². The van der Waals surface area contributed by atoms with E-state index in [0.717, 1.165) is 11.1 Å². The Morgan fingerprint density at radius 2 is 2.17 bits per heavy atom. The van der Waals surface area contributed by atoms with Crippen LogP contribution in [0.5, 0.6) is 5.88 Å². The molecule has 2 rings (SSSR count). The number of aryl methyl sites for hydroxylation is 1. The zero-order valence-corrected chi connectivity index (χ0v) is 10.2. The van der Waals surface area contributed by atoms with Crippen molar-refractivity contribution in [2.24, 2.45) is 5.73 Å². The molecule has 0 aliphatic carbocycles. The van der Waals surface area contributed by atoms with Gasteiger partial charge in [-0.2, -0.15) is 0 Å². The molecule has 0 aliphatic heterocycles. The first kappa shape index (κ1) is 12.4. The summed E-state index contributed by atoms with van der Waals surface area (Å²) in [5, 5.41) is 0. The highest BCUT2D eigenvalue weighted by atomic mass is 19.1. The minimum atomic E-state index is -0.589. The normalized spacial score (nSPS) is 12.2. The van der Waals surface area contributed by atoms with Crippen molar-refractivity contribution in [1.29, 1.82) is 0 Å². The minimum Gasteiger partial charge on any atom is -0.479 e. The average molecular weight is 247 g/mol. The van der Waals surface area contributed by atoms with Gasteiger partial charge in [0.25, 0.3) is 0 Å². The molecule has 2 aromatic rings. The van der Waals surface area contributed by atoms with Gasteiger partial charge < -0.3 is 10.5 Å². The average Bonchev–Trinajstić information content (AvgIpc) is 2.38. The second-order valence-corrected chi connectivity index (χ2v) is 4.00. The van der Waals surface area contributed by atoms with Crippen LogP contribution in [0.3, 0.4) is 0 Å². The molecule has 94 valence electrons. The first-order chi connectivity index (χ1) is 8.63. The maximum Gasteiger partial charge on any atom is 0.250 e. The third-order valence-corrected chi connectivity index (χ3v) is 2.67. The molecule has 5 heteroatoms. The molecule has 0 bridgehead atoms. The first-order valence-corrected chi connectivity index (χ1v) is 5.49. The zero-order chi connectivity index (χ0) is 13.1. The van der Waals surface area contributed by atoms with Crippen molar-refractivity contribution in [3.63, 3.8) is 0 Å². The van der Waals surface area contributed by atoms with Crippen LogP contribution in [0, 0.1) is 12.7 Å². The van der Waals surface area contributed by atoms with Crippen LogP contribution in [-0.2, 0) is 0 Å². The summed E-state index contributed by atoms with van der Waals surface area (Å²) < 4.78 is 18.9. The Hall–Kier alpha value is -2.01. The molecule has 0 saturated carbocycles. The topological polar surface area (TPSA) is 61.0 Å². The molecule has 2 N–H and O–H groups in total. The molecule has 4 nitrogen and oxygen atoms in total. The van der Waals surface area contributed by atoms with Gasteiger partial charge in [0.15, 0.2) is 5.82 Å². The highest BCUT2D eigenvalue weighted by Gasteiger charge is 2.17. The fourth-order valence-corrected chi connectivity index (χ4v) is 1.75. The second-order valence-electron chi connectivity index (χ2n) is 4.00. The van der Waals surface area contributed by atoms with Gasteiger partial charge >= 0.3 is 0 Å². The van der Waals surface area contributed by atoms with Crippen LogP contribution >= 0.6 is 0 Å². The lowest BCUT2D eigenvalue weighted by Crippen LogP contribution is -2.15. The number of nitrogens with two attached hydrogens (primary N) is 1. The van der Waals surface area contributed by atoms with Crippen molar-refractivity contribution < 1.29 is 9.13 Å². The van der Waals surface area contributed by atoms with E-state index in [1.54, 1.807) is 18.5 Å². The quantitative estimate of drug-likeness (QED) is 0.900. The third kappa shape index (κ3) is 2.31. The maximum absolute atomic E-state index is 14.0. The molecule has 18 heavy (non-hydrogen) atoms. The van der Waals surface area contributed by atoms with Crippen LogP contribution in [0.1, 0.15) is 22.7 Å². The van der Waals surface area contributed by atoms with Gasteiger partial charge in [0.05, 0.1) is 13.2 Å². The van der Waals surface area contributed by atoms with Crippen molar-refractivity contribution in [3.05, 3.63) is 53.2 Å². The molecule has 2 heterocycles. The number of hydrogen-bond donors (Lipinski definition) is 1. The van der Waals surface area contributed by atoms with Gasteiger partial charge in [0, 0.05) is 24.2 Å². The molecule has 0 spiro atoms. The van der Waals surface area contributed by atoms with E-state index < -0.39 is 11.9 Å². The number of rotatable bonds is 3. The fourth-order valence-electron chi connectivity index (χ4n) is 1.75. The van der Waals surface area contributed by atoms with Gasteiger partial charge in [-0.15, -0.1) is 0 Å². The molecule has 0 fully saturated rings. The Morgan fingerprint density at radius 1 is 1.39 bits per heavy atom. The van der Waals surface area contributed by atoms with Crippen molar-refractivity contribution in [1.82, 2.24) is 9.97 Å². The molecule has 2 aromatic heterocycles. The molecule has 1 unspecified atom stereocenters. The minimum absolute atomic E-state index is 0.0523. The molecule has 0 amide bonds. The Labute approximate surface area is 105 Å². The summed E-state index contributed by atoms with van der Waals surface area (Å²) in [4.78, 5) is 7.84. The largest absolute Gasteiger partial charge is 0.479 e. The predicted octanol–water partition coefficient (Wildman–Crippen LogP) is 1.98. The number of nitrogens with zero attached hydrogens (tertiary/aromatic N) is 2. The van der Waals surface area contributed by atoms with Crippen molar-refractivity contribution in [2.75, 3.05) is 7.11 Å². The van der Waals surface area contributed by atoms with E-state index in [9.17, 15) is 4.39 Å². The highest BCUT2D eigenvalue weighted by molar-refractivity contribution is 5.34. The zero-order valence-electron chi connectivity index (χ0n) is 10.2. The molecule has 1 atom stereocenters. The Kier molecular flexibility index (Phi) is 3.53. The number of hydrogen-bond acceptors (Lipinski definition) is 4. The van der Waals surface area contributed by atoms with Crippen molar-refractivity contribution >= 4 is 0 Å². The molecular formula is C13H14FN3O. The number of ether oxygens (including phenoxy) is 1. The molecule has 0 saturated heterocycles. The summed E-state index contributed by atoms with van der Waals surface area (Å²) in [5.41, 5.74) is 8.12. The first-order valence-electron chi connectivity index (χ1n) is 5.49. The van der Waals surface area contributed by atoms with Crippen LogP contribution in [0.25, 0.3) is 0 Å². The summed E-state index contributed by atoms with van der Waals surface area (Å²) in [6.07, 6.45) is 4.82. The molecule has 0 radical (unpaired) electrons. The summed E-state index contributed by atoms with van der Waals surface area (Å²) in [6, 6.07) is 2.84. The second kappa shape index (κ2) is 5.10. The molecule has 0 aromatic carbocycles. The van der Waals surface area contributed by atoms with Crippen LogP contribution in [0.4, 0.5) is 4.39 Å². The number of aromatic nitrogens is 2. The van der Waals surface area contributed by atoms with Crippen molar-refractivity contribution in [2.45, 2.75) is 13.0 Å². The van der Waals surface area contributed by atoms with Crippen LogP contribution in [0.15, 0.2) is 30.7 Å². The monoisotopic (exact) mass is 247 g/mol. The van der Waals surface area contributed by atoms with Crippen LogP contribution in [0.2, 0.25) is 0 Å². The Bertz CT molecular complexity index is 560. The van der Waals surface area contributed by atoms with Gasteiger partial charge in [0.1, 0.15) is 0 Å². The summed E-state index contributed by atoms with van der Waals surface area (Å²) in [5.74, 6) is -0.586. The lowest BCUT2D eigenvalue weighted by Gasteiger charge is -2.14. The Balaban J connectivity index is 2.43. The van der Waals surface area contributed by atoms with Gasteiger partial charge in [-0.05, 0) is 24.1 Å². The maximum atomic E-state index is 14.0. The number of pyridine rings is 2. The van der Waals surface area contributed by atoms with Crippen LogP contribution in [-0.4, -0.2) is 17.1 Å². The summed E-state index contributed by atoms with van der Waals surface area (Å²) in [6.45, 7) is 1.91.